The van der Waals surface area contributed by atoms with E-state index in [1.54, 1.807) is 0 Å². The zero-order valence-electron chi connectivity index (χ0n) is 17.8. The molecule has 3 aromatic rings. The molecule has 2 atom stereocenters. The predicted molar refractivity (Wildman–Crippen MR) is 123 cm³/mol. The maximum atomic E-state index is 12.2. The van der Waals surface area contributed by atoms with Gasteiger partial charge in [0.25, 0.3) is 0 Å². The molecule has 1 saturated carbocycles. The highest BCUT2D eigenvalue weighted by molar-refractivity contribution is 5.89. The highest BCUT2D eigenvalue weighted by Crippen LogP contribution is 2.28. The number of carbonyl (C=O) groups is 1. The van der Waals surface area contributed by atoms with Gasteiger partial charge in [0.05, 0.1) is 5.52 Å². The second-order valence-corrected chi connectivity index (χ2v) is 7.90. The van der Waals surface area contributed by atoms with E-state index in [0.29, 0.717) is 18.4 Å². The van der Waals surface area contributed by atoms with Crippen molar-refractivity contribution < 1.29 is 9.53 Å². The Bertz CT molecular complexity index is 1010. The smallest absolute Gasteiger partial charge is 0.407 e. The molecule has 1 aliphatic rings. The first kappa shape index (κ1) is 20.9. The van der Waals surface area contributed by atoms with Crippen molar-refractivity contribution in [3.63, 3.8) is 0 Å². The first-order valence-corrected chi connectivity index (χ1v) is 10.9. The van der Waals surface area contributed by atoms with Crippen molar-refractivity contribution in [1.29, 1.82) is 0 Å². The van der Waals surface area contributed by atoms with Gasteiger partial charge in [-0.25, -0.2) is 9.78 Å². The molecule has 7 nitrogen and oxygen atoms in total. The van der Waals surface area contributed by atoms with Crippen LogP contribution in [0.4, 0.5) is 16.6 Å². The third-order valence-corrected chi connectivity index (χ3v) is 5.78. The molecule has 2 unspecified atom stereocenters. The van der Waals surface area contributed by atoms with Crippen molar-refractivity contribution in [3.05, 3.63) is 60.2 Å². The summed E-state index contributed by atoms with van der Waals surface area (Å²) >= 11 is 0. The summed E-state index contributed by atoms with van der Waals surface area (Å²) in [5.74, 6) is 1.72. The Morgan fingerprint density at radius 3 is 2.65 bits per heavy atom. The first-order chi connectivity index (χ1) is 15.2. The number of carbonyl (C=O) groups excluding carboxylic acids is 1. The van der Waals surface area contributed by atoms with Gasteiger partial charge in [0.2, 0.25) is 5.95 Å². The third-order valence-electron chi connectivity index (χ3n) is 5.78. The quantitative estimate of drug-likeness (QED) is 0.520. The van der Waals surface area contributed by atoms with Gasteiger partial charge in [-0.05, 0) is 36.5 Å². The van der Waals surface area contributed by atoms with Crippen molar-refractivity contribution in [3.8, 4) is 0 Å². The average Bonchev–Trinajstić information content (AvgIpc) is 2.82. The molecule has 0 aliphatic heterocycles. The number of anilines is 2. The molecule has 1 aromatic heterocycles. The third kappa shape index (κ3) is 5.42. The molecule has 2 aromatic carbocycles. The number of ether oxygens (including phenoxy) is 1. The molecular weight excluding hydrogens is 390 g/mol. The van der Waals surface area contributed by atoms with Gasteiger partial charge in [0, 0.05) is 25.0 Å². The second-order valence-electron chi connectivity index (χ2n) is 7.90. The number of hydrogen-bond acceptors (Lipinski definition) is 6. The molecule has 1 aliphatic carbocycles. The number of aromatic nitrogens is 2. The molecule has 0 radical (unpaired) electrons. The molecule has 7 heteroatoms. The zero-order chi connectivity index (χ0) is 21.5. The van der Waals surface area contributed by atoms with Crippen molar-refractivity contribution in [2.75, 3.05) is 24.2 Å². The van der Waals surface area contributed by atoms with Crippen LogP contribution >= 0.6 is 0 Å². The second kappa shape index (κ2) is 10.1. The number of fused-ring (bicyclic) bond motifs is 1. The molecule has 1 fully saturated rings. The van der Waals surface area contributed by atoms with E-state index in [2.05, 4.69) is 20.9 Å². The number of alkyl carbamates (subject to hydrolysis) is 1. The molecule has 3 N–H and O–H groups in total. The van der Waals surface area contributed by atoms with Gasteiger partial charge in [-0.15, -0.1) is 0 Å². The standard InChI is InChI=1S/C24H29N5O2/c1-25-22-19-12-6-8-14-21(19)28-23(29-22)27-20-13-7-5-11-18(20)15-26-24(30)31-16-17-9-3-2-4-10-17/h2-4,6,8-10,12,14,18,20H,5,7,11,13,15-16H2,1H3,(H,26,30)(H2,25,27,28,29). The fraction of sp³-hybridized carbons (Fsp3) is 0.375. The number of nitrogens with one attached hydrogen (secondary N) is 3. The molecule has 162 valence electrons. The molecule has 4 rings (SSSR count). The summed E-state index contributed by atoms with van der Waals surface area (Å²) in [6.45, 7) is 0.842. The number of benzene rings is 2. The van der Waals surface area contributed by atoms with Crippen LogP contribution in [0.2, 0.25) is 0 Å². The number of amides is 1. The van der Waals surface area contributed by atoms with Gasteiger partial charge in [0.15, 0.2) is 0 Å². The maximum absolute atomic E-state index is 12.2. The highest BCUT2D eigenvalue weighted by Gasteiger charge is 2.26. The Kier molecular flexibility index (Phi) is 6.82. The number of nitrogens with zero attached hydrogens (tertiary/aromatic N) is 2. The van der Waals surface area contributed by atoms with Gasteiger partial charge in [-0.3, -0.25) is 0 Å². The van der Waals surface area contributed by atoms with Crippen LogP contribution in [0, 0.1) is 5.92 Å². The topological polar surface area (TPSA) is 88.2 Å². The molecule has 1 heterocycles. The summed E-state index contributed by atoms with van der Waals surface area (Å²) in [7, 11) is 1.87. The maximum Gasteiger partial charge on any atom is 0.407 e. The SMILES string of the molecule is CNc1nc(NC2CCCCC2CNC(=O)OCc2ccccc2)nc2ccccc12. The lowest BCUT2D eigenvalue weighted by molar-refractivity contribution is 0.136. The number of hydrogen-bond donors (Lipinski definition) is 3. The Labute approximate surface area is 182 Å². The molecule has 0 bridgehead atoms. The van der Waals surface area contributed by atoms with Gasteiger partial charge < -0.3 is 20.7 Å². The Morgan fingerprint density at radius 1 is 1.03 bits per heavy atom. The molecular formula is C24H29N5O2. The van der Waals surface area contributed by atoms with Crippen LogP contribution in [-0.4, -0.2) is 35.7 Å². The van der Waals surface area contributed by atoms with Crippen LogP contribution in [-0.2, 0) is 11.3 Å². The largest absolute Gasteiger partial charge is 0.445 e. The van der Waals surface area contributed by atoms with E-state index in [-0.39, 0.29) is 18.7 Å². The molecule has 31 heavy (non-hydrogen) atoms. The molecule has 0 spiro atoms. The minimum absolute atomic E-state index is 0.203. The summed E-state index contributed by atoms with van der Waals surface area (Å²) < 4.78 is 5.35. The normalized spacial score (nSPS) is 18.4. The predicted octanol–water partition coefficient (Wildman–Crippen LogP) is 4.57. The first-order valence-electron chi connectivity index (χ1n) is 10.9. The van der Waals surface area contributed by atoms with E-state index in [4.69, 9.17) is 9.72 Å². The Hall–Kier alpha value is -3.35. The van der Waals surface area contributed by atoms with E-state index in [9.17, 15) is 4.79 Å². The Morgan fingerprint density at radius 2 is 1.81 bits per heavy atom. The van der Waals surface area contributed by atoms with Crippen LogP contribution in [0.5, 0.6) is 0 Å². The fourth-order valence-corrected chi connectivity index (χ4v) is 4.13. The van der Waals surface area contributed by atoms with E-state index in [1.807, 2.05) is 61.6 Å². The van der Waals surface area contributed by atoms with Crippen LogP contribution in [0.1, 0.15) is 31.2 Å². The fourth-order valence-electron chi connectivity index (χ4n) is 4.13. The monoisotopic (exact) mass is 419 g/mol. The van der Waals surface area contributed by atoms with Crippen LogP contribution < -0.4 is 16.0 Å². The van der Waals surface area contributed by atoms with E-state index in [0.717, 1.165) is 48.0 Å². The summed E-state index contributed by atoms with van der Waals surface area (Å²) in [5.41, 5.74) is 1.88. The summed E-state index contributed by atoms with van der Waals surface area (Å²) in [5, 5.41) is 10.6. The summed E-state index contributed by atoms with van der Waals surface area (Å²) in [6.07, 6.45) is 4.00. The molecule has 1 amide bonds. The minimum atomic E-state index is -0.382. The van der Waals surface area contributed by atoms with Crippen molar-refractivity contribution in [1.82, 2.24) is 15.3 Å². The summed E-state index contributed by atoms with van der Waals surface area (Å²) in [4.78, 5) is 21.5. The minimum Gasteiger partial charge on any atom is -0.445 e. The highest BCUT2D eigenvalue weighted by atomic mass is 16.5. The van der Waals surface area contributed by atoms with E-state index < -0.39 is 0 Å². The lowest BCUT2D eigenvalue weighted by Gasteiger charge is -2.32. The number of rotatable bonds is 7. The lowest BCUT2D eigenvalue weighted by atomic mass is 9.84. The lowest BCUT2D eigenvalue weighted by Crippen LogP contribution is -2.40. The van der Waals surface area contributed by atoms with Crippen molar-refractivity contribution in [2.45, 2.75) is 38.3 Å². The zero-order valence-corrected chi connectivity index (χ0v) is 17.8. The van der Waals surface area contributed by atoms with Crippen molar-refractivity contribution in [2.24, 2.45) is 5.92 Å². The van der Waals surface area contributed by atoms with E-state index >= 15 is 0 Å². The van der Waals surface area contributed by atoms with Gasteiger partial charge in [-0.1, -0.05) is 55.3 Å². The van der Waals surface area contributed by atoms with Gasteiger partial charge >= 0.3 is 6.09 Å². The van der Waals surface area contributed by atoms with Crippen LogP contribution in [0.15, 0.2) is 54.6 Å². The van der Waals surface area contributed by atoms with Crippen LogP contribution in [0.25, 0.3) is 10.9 Å². The van der Waals surface area contributed by atoms with Gasteiger partial charge in [0.1, 0.15) is 12.4 Å². The van der Waals surface area contributed by atoms with E-state index in [1.165, 1.54) is 0 Å². The van der Waals surface area contributed by atoms with Crippen molar-refractivity contribution >= 4 is 28.8 Å². The molecule has 0 saturated heterocycles. The average molecular weight is 420 g/mol. The number of para-hydroxylation sites is 1. The Balaban J connectivity index is 1.36. The van der Waals surface area contributed by atoms with Gasteiger partial charge in [-0.2, -0.15) is 4.98 Å². The summed E-state index contributed by atoms with van der Waals surface area (Å²) in [6, 6.07) is 17.9. The van der Waals surface area contributed by atoms with Crippen LogP contribution in [0.3, 0.4) is 0 Å².